The summed E-state index contributed by atoms with van der Waals surface area (Å²) in [6.07, 6.45) is 2.03. The van der Waals surface area contributed by atoms with E-state index >= 15 is 0 Å². The van der Waals surface area contributed by atoms with Crippen molar-refractivity contribution in [3.05, 3.63) is 0 Å². The van der Waals surface area contributed by atoms with E-state index in [4.69, 9.17) is 15.9 Å². The van der Waals surface area contributed by atoms with Crippen LogP contribution in [0.5, 0.6) is 0 Å². The zero-order chi connectivity index (χ0) is 10.6. The lowest BCUT2D eigenvalue weighted by Crippen LogP contribution is -2.54. The lowest BCUT2D eigenvalue weighted by Gasteiger charge is -2.40. The highest BCUT2D eigenvalue weighted by molar-refractivity contribution is 8.27. The van der Waals surface area contributed by atoms with Crippen molar-refractivity contribution in [1.29, 1.82) is 0 Å². The van der Waals surface area contributed by atoms with Crippen LogP contribution in [-0.4, -0.2) is 49.5 Å². The Morgan fingerprint density at radius 3 is 2.50 bits per heavy atom. The van der Waals surface area contributed by atoms with E-state index in [1.807, 2.05) is 6.26 Å². The summed E-state index contributed by atoms with van der Waals surface area (Å²) in [5, 5.41) is 0. The smallest absolute Gasteiger partial charge is 0.0594 e. The highest BCUT2D eigenvalue weighted by atomic mass is 32.8. The molecule has 1 atom stereocenters. The fourth-order valence-electron chi connectivity index (χ4n) is 1.56. The van der Waals surface area contributed by atoms with Gasteiger partial charge in [-0.2, -0.15) is 0 Å². The van der Waals surface area contributed by atoms with Gasteiger partial charge in [-0.25, -0.2) is 0 Å². The molecule has 1 heterocycles. The number of ether oxygens (including phenoxy) is 1. The van der Waals surface area contributed by atoms with Gasteiger partial charge in [-0.3, -0.25) is 9.62 Å². The molecule has 1 aliphatic rings. The topological polar surface area (TPSA) is 24.5 Å². The molecule has 3 nitrogen and oxygen atoms in total. The Bertz CT molecular complexity index is 203. The van der Waals surface area contributed by atoms with Crippen LogP contribution < -0.4 is 4.72 Å². The second-order valence-electron chi connectivity index (χ2n) is 4.19. The van der Waals surface area contributed by atoms with Crippen molar-refractivity contribution in [3.8, 4) is 0 Å². The van der Waals surface area contributed by atoms with Gasteiger partial charge < -0.3 is 4.74 Å². The lowest BCUT2D eigenvalue weighted by molar-refractivity contribution is -0.00788. The average Bonchev–Trinajstić information content (AvgIpc) is 2.16. The standard InChI is InChI=1S/C9H20N2OS2/c1-9(2,8-10-14(3)13)11-4-6-12-7-5-11/h10H,4-8H2,1-3H3. The first-order valence-corrected chi connectivity index (χ1v) is 7.48. The molecule has 0 aliphatic carbocycles. The fraction of sp³-hybridized carbons (Fsp3) is 1.00. The number of hydrogen-bond donors (Lipinski definition) is 1. The molecule has 1 aliphatic heterocycles. The highest BCUT2D eigenvalue weighted by Crippen LogP contribution is 2.14. The second-order valence-corrected chi connectivity index (χ2v) is 6.88. The van der Waals surface area contributed by atoms with Crippen LogP contribution >= 0.6 is 0 Å². The maximum Gasteiger partial charge on any atom is 0.0594 e. The van der Waals surface area contributed by atoms with Gasteiger partial charge >= 0.3 is 0 Å². The summed E-state index contributed by atoms with van der Waals surface area (Å²) in [7, 11) is -0.0911. The van der Waals surface area contributed by atoms with Gasteiger partial charge in [0, 0.05) is 25.2 Å². The maximum absolute atomic E-state index is 5.34. The van der Waals surface area contributed by atoms with Crippen molar-refractivity contribution in [2.45, 2.75) is 19.4 Å². The number of hydrogen-bond acceptors (Lipinski definition) is 3. The minimum atomic E-state index is -0.0911. The predicted octanol–water partition coefficient (Wildman–Crippen LogP) is 0.312. The monoisotopic (exact) mass is 236 g/mol. The van der Waals surface area contributed by atoms with Crippen LogP contribution in [0.25, 0.3) is 0 Å². The number of morpholine rings is 1. The Balaban J connectivity index is 2.41. The van der Waals surface area contributed by atoms with Gasteiger partial charge in [-0.1, -0.05) is 9.64 Å². The molecule has 0 bridgehead atoms. The molecule has 1 unspecified atom stereocenters. The van der Waals surface area contributed by atoms with Gasteiger partial charge in [0.2, 0.25) is 0 Å². The molecule has 0 aromatic rings. The third kappa shape index (κ3) is 3.90. The molecule has 84 valence electrons. The maximum atomic E-state index is 5.34. The molecule has 1 N–H and O–H groups in total. The van der Waals surface area contributed by atoms with Crippen molar-refractivity contribution in [2.75, 3.05) is 39.1 Å². The summed E-state index contributed by atoms with van der Waals surface area (Å²) < 4.78 is 8.68. The molecule has 0 spiro atoms. The van der Waals surface area contributed by atoms with E-state index in [9.17, 15) is 0 Å². The van der Waals surface area contributed by atoms with E-state index in [1.54, 1.807) is 0 Å². The first-order chi connectivity index (χ1) is 6.52. The van der Waals surface area contributed by atoms with E-state index in [-0.39, 0.29) is 15.2 Å². The van der Waals surface area contributed by atoms with Gasteiger partial charge in [0.05, 0.1) is 13.2 Å². The molecular weight excluding hydrogens is 216 g/mol. The van der Waals surface area contributed by atoms with Crippen molar-refractivity contribution < 1.29 is 4.74 Å². The molecule has 0 radical (unpaired) electrons. The molecule has 1 rings (SSSR count). The third-order valence-electron chi connectivity index (χ3n) is 2.58. The SMILES string of the molecule is CS(=S)NCC(C)(C)N1CCOCC1. The molecule has 1 saturated heterocycles. The van der Waals surface area contributed by atoms with Crippen LogP contribution in [0.4, 0.5) is 0 Å². The van der Waals surface area contributed by atoms with Crippen molar-refractivity contribution >= 4 is 20.8 Å². The van der Waals surface area contributed by atoms with E-state index in [2.05, 4.69) is 23.5 Å². The van der Waals surface area contributed by atoms with Crippen molar-refractivity contribution in [2.24, 2.45) is 0 Å². The first kappa shape index (κ1) is 12.5. The Hall–Kier alpha value is 0.450. The lowest BCUT2D eigenvalue weighted by atomic mass is 10.0. The Morgan fingerprint density at radius 2 is 2.00 bits per heavy atom. The van der Waals surface area contributed by atoms with Crippen molar-refractivity contribution in [1.82, 2.24) is 9.62 Å². The molecule has 0 aromatic carbocycles. The average molecular weight is 236 g/mol. The molecule has 1 fully saturated rings. The minimum absolute atomic E-state index is 0.0911. The van der Waals surface area contributed by atoms with Gasteiger partial charge in [0.25, 0.3) is 0 Å². The van der Waals surface area contributed by atoms with E-state index in [1.165, 1.54) is 0 Å². The summed E-state index contributed by atoms with van der Waals surface area (Å²) in [6, 6.07) is 0. The zero-order valence-electron chi connectivity index (χ0n) is 9.21. The Morgan fingerprint density at radius 1 is 1.43 bits per heavy atom. The normalized spacial score (nSPS) is 22.2. The highest BCUT2D eigenvalue weighted by Gasteiger charge is 2.27. The van der Waals surface area contributed by atoms with Crippen LogP contribution in [0.3, 0.4) is 0 Å². The largest absolute Gasteiger partial charge is 0.379 e. The number of nitrogens with one attached hydrogen (secondary N) is 1. The minimum Gasteiger partial charge on any atom is -0.379 e. The van der Waals surface area contributed by atoms with Crippen LogP contribution in [0.15, 0.2) is 0 Å². The van der Waals surface area contributed by atoms with Crippen molar-refractivity contribution in [3.63, 3.8) is 0 Å². The summed E-state index contributed by atoms with van der Waals surface area (Å²) >= 11 is 5.12. The van der Waals surface area contributed by atoms with Crippen LogP contribution in [0.2, 0.25) is 0 Å². The van der Waals surface area contributed by atoms with Crippen LogP contribution in [0, 0.1) is 0 Å². The van der Waals surface area contributed by atoms with Gasteiger partial charge in [0.15, 0.2) is 0 Å². The van der Waals surface area contributed by atoms with Gasteiger partial charge in [0.1, 0.15) is 0 Å². The summed E-state index contributed by atoms with van der Waals surface area (Å²) in [5.74, 6) is 0. The second kappa shape index (κ2) is 5.51. The Labute approximate surface area is 93.9 Å². The molecular formula is C9H20N2OS2. The molecule has 14 heavy (non-hydrogen) atoms. The summed E-state index contributed by atoms with van der Waals surface area (Å²) in [4.78, 5) is 2.46. The summed E-state index contributed by atoms with van der Waals surface area (Å²) in [6.45, 7) is 9.24. The Kier molecular flexibility index (Phi) is 4.93. The van der Waals surface area contributed by atoms with Crippen LogP contribution in [-0.2, 0) is 25.6 Å². The van der Waals surface area contributed by atoms with E-state index in [0.29, 0.717) is 0 Å². The van der Waals surface area contributed by atoms with Crippen LogP contribution in [0.1, 0.15) is 13.8 Å². The predicted molar refractivity (Wildman–Crippen MR) is 65.1 cm³/mol. The number of nitrogens with zero attached hydrogens (tertiary/aromatic N) is 1. The van der Waals surface area contributed by atoms with Gasteiger partial charge in [-0.05, 0) is 31.3 Å². The molecule has 0 aromatic heterocycles. The first-order valence-electron chi connectivity index (χ1n) is 4.92. The third-order valence-corrected chi connectivity index (χ3v) is 3.48. The van der Waals surface area contributed by atoms with Gasteiger partial charge in [-0.15, -0.1) is 0 Å². The quantitative estimate of drug-likeness (QED) is 0.759. The van der Waals surface area contributed by atoms with E-state index in [0.717, 1.165) is 32.8 Å². The number of rotatable bonds is 4. The molecule has 0 saturated carbocycles. The molecule has 0 amide bonds. The zero-order valence-corrected chi connectivity index (χ0v) is 10.8. The summed E-state index contributed by atoms with van der Waals surface area (Å²) in [5.41, 5.74) is 0.184. The fourth-order valence-corrected chi connectivity index (χ4v) is 2.29. The molecule has 5 heteroatoms. The van der Waals surface area contributed by atoms with E-state index < -0.39 is 0 Å².